The van der Waals surface area contributed by atoms with Crippen LogP contribution in [0.3, 0.4) is 0 Å². The minimum absolute atomic E-state index is 0.229. The van der Waals surface area contributed by atoms with E-state index in [4.69, 9.17) is 11.6 Å². The number of nitrogens with zero attached hydrogens (tertiary/aromatic N) is 1. The number of rotatable bonds is 11. The van der Waals surface area contributed by atoms with Gasteiger partial charge in [0.15, 0.2) is 0 Å². The predicted molar refractivity (Wildman–Crippen MR) is 128 cm³/mol. The molecule has 0 bridgehead atoms. The summed E-state index contributed by atoms with van der Waals surface area (Å²) in [5.74, 6) is 0. The van der Waals surface area contributed by atoms with Crippen molar-refractivity contribution in [2.75, 3.05) is 12.4 Å². The highest BCUT2D eigenvalue weighted by Crippen LogP contribution is 2.19. The molecule has 5 heteroatoms. The fraction of sp³-hybridized carbons (Fsp3) is 0.400. The molecule has 0 fully saturated rings. The van der Waals surface area contributed by atoms with Gasteiger partial charge in [-0.05, 0) is 55.8 Å². The van der Waals surface area contributed by atoms with Crippen LogP contribution in [0.4, 0.5) is 10.5 Å². The van der Waals surface area contributed by atoms with Crippen molar-refractivity contribution in [3.8, 4) is 0 Å². The van der Waals surface area contributed by atoms with E-state index < -0.39 is 0 Å². The molecule has 30 heavy (non-hydrogen) atoms. The Hall–Kier alpha value is -2.30. The monoisotopic (exact) mass is 427 g/mol. The van der Waals surface area contributed by atoms with Gasteiger partial charge >= 0.3 is 6.03 Å². The predicted octanol–water partition coefficient (Wildman–Crippen LogP) is 6.62. The lowest BCUT2D eigenvalue weighted by molar-refractivity contribution is 0.247. The Morgan fingerprint density at radius 3 is 2.30 bits per heavy atom. The molecule has 0 aliphatic rings. The summed E-state index contributed by atoms with van der Waals surface area (Å²) in [7, 11) is 2.15. The molecular weight excluding hydrogens is 394 g/mol. The Bertz CT molecular complexity index is 802. The summed E-state index contributed by atoms with van der Waals surface area (Å²) >= 11 is 5.88. The van der Waals surface area contributed by atoms with Crippen LogP contribution in [0.25, 0.3) is 0 Å². The normalized spacial score (nSPS) is 11.9. The summed E-state index contributed by atoms with van der Waals surface area (Å²) in [6.07, 6.45) is 4.87. The lowest BCUT2D eigenvalue weighted by Gasteiger charge is -2.29. The van der Waals surface area contributed by atoms with Crippen LogP contribution in [0.15, 0.2) is 60.7 Å². The molecule has 2 N–H and O–H groups in total. The van der Waals surface area contributed by atoms with Crippen molar-refractivity contribution < 1.29 is 4.79 Å². The fourth-order valence-corrected chi connectivity index (χ4v) is 3.61. The van der Waals surface area contributed by atoms with E-state index in [0.29, 0.717) is 17.6 Å². The molecule has 1 atom stereocenters. The van der Waals surface area contributed by atoms with Crippen molar-refractivity contribution >= 4 is 23.3 Å². The van der Waals surface area contributed by atoms with Gasteiger partial charge in [0.25, 0.3) is 0 Å². The van der Waals surface area contributed by atoms with E-state index in [1.807, 2.05) is 36.4 Å². The van der Waals surface area contributed by atoms with Gasteiger partial charge in [0.1, 0.15) is 0 Å². The Balaban J connectivity index is 1.83. The molecule has 2 aromatic rings. The number of urea groups is 1. The van der Waals surface area contributed by atoms with Crippen LogP contribution in [0.5, 0.6) is 0 Å². The molecule has 0 saturated carbocycles. The average molecular weight is 428 g/mol. The zero-order valence-corrected chi connectivity index (χ0v) is 19.1. The summed E-state index contributed by atoms with van der Waals surface area (Å²) in [6, 6.07) is 15.6. The lowest BCUT2D eigenvalue weighted by atomic mass is 10.0. The van der Waals surface area contributed by atoms with Crippen molar-refractivity contribution in [2.45, 2.75) is 58.7 Å². The minimum Gasteiger partial charge on any atom is -0.334 e. The number of hydrogen-bond acceptors (Lipinski definition) is 2. The van der Waals surface area contributed by atoms with Gasteiger partial charge in [-0.3, -0.25) is 4.90 Å². The second kappa shape index (κ2) is 12.4. The molecule has 2 rings (SSSR count). The van der Waals surface area contributed by atoms with Crippen LogP contribution in [0.1, 0.15) is 50.7 Å². The maximum atomic E-state index is 12.1. The maximum absolute atomic E-state index is 12.1. The van der Waals surface area contributed by atoms with Gasteiger partial charge in [0.05, 0.1) is 0 Å². The van der Waals surface area contributed by atoms with E-state index in [1.54, 1.807) is 0 Å². The third-order valence-electron chi connectivity index (χ3n) is 5.19. The van der Waals surface area contributed by atoms with Gasteiger partial charge in [-0.25, -0.2) is 4.79 Å². The minimum atomic E-state index is -0.229. The number of benzene rings is 2. The Morgan fingerprint density at radius 2 is 1.70 bits per heavy atom. The number of anilines is 1. The van der Waals surface area contributed by atoms with Crippen LogP contribution in [0, 0.1) is 0 Å². The number of likely N-dealkylation sites (N-methyl/N-ethyl adjacent to an activating group) is 1. The highest BCUT2D eigenvalue weighted by atomic mass is 35.5. The molecule has 0 aliphatic carbocycles. The first kappa shape index (κ1) is 24.0. The summed E-state index contributed by atoms with van der Waals surface area (Å²) in [6.45, 7) is 9.83. The fourth-order valence-electron chi connectivity index (χ4n) is 3.48. The third kappa shape index (κ3) is 8.21. The number of carbonyl (C=O) groups excluding carboxylic acids is 1. The quantitative estimate of drug-likeness (QED) is 0.312. The van der Waals surface area contributed by atoms with Crippen molar-refractivity contribution in [3.63, 3.8) is 0 Å². The Morgan fingerprint density at radius 1 is 1.07 bits per heavy atom. The van der Waals surface area contributed by atoms with Crippen LogP contribution in [-0.2, 0) is 13.1 Å². The van der Waals surface area contributed by atoms with E-state index in [1.165, 1.54) is 30.4 Å². The molecule has 4 nitrogen and oxygen atoms in total. The third-order valence-corrected chi connectivity index (χ3v) is 5.44. The first-order valence-corrected chi connectivity index (χ1v) is 11.0. The smallest absolute Gasteiger partial charge is 0.319 e. The topological polar surface area (TPSA) is 44.4 Å². The highest BCUT2D eigenvalue weighted by Gasteiger charge is 2.15. The van der Waals surface area contributed by atoms with E-state index in [2.05, 4.69) is 55.1 Å². The molecular formula is C25H34ClN3O. The van der Waals surface area contributed by atoms with Gasteiger partial charge in [-0.1, -0.05) is 74.2 Å². The summed E-state index contributed by atoms with van der Waals surface area (Å²) in [4.78, 5) is 14.5. The van der Waals surface area contributed by atoms with Crippen molar-refractivity contribution in [1.29, 1.82) is 0 Å². The van der Waals surface area contributed by atoms with Gasteiger partial charge in [0, 0.05) is 29.8 Å². The number of nitrogens with one attached hydrogen (secondary N) is 2. The molecule has 0 aliphatic heterocycles. The molecule has 1 unspecified atom stereocenters. The van der Waals surface area contributed by atoms with Gasteiger partial charge < -0.3 is 10.6 Å². The number of hydrogen-bond donors (Lipinski definition) is 2. The summed E-state index contributed by atoms with van der Waals surface area (Å²) in [5, 5.41) is 6.41. The standard InChI is InChI=1S/C25H34ClN3O/c1-5-6-7-8-24(19(2)3)29(4)18-21-11-15-23(16-12-21)28-25(30)27-17-20-9-13-22(26)14-10-20/h9-16,24H,2,5-8,17-18H2,1,3-4H3,(H2,27,28,30). The van der Waals surface area contributed by atoms with Crippen LogP contribution < -0.4 is 10.6 Å². The van der Waals surface area contributed by atoms with Crippen molar-refractivity contribution in [2.24, 2.45) is 0 Å². The molecule has 0 saturated heterocycles. The zero-order valence-electron chi connectivity index (χ0n) is 18.4. The van der Waals surface area contributed by atoms with E-state index in [9.17, 15) is 4.79 Å². The van der Waals surface area contributed by atoms with Crippen molar-refractivity contribution in [3.05, 3.63) is 76.8 Å². The van der Waals surface area contributed by atoms with Crippen LogP contribution in [0.2, 0.25) is 5.02 Å². The van der Waals surface area contributed by atoms with Crippen LogP contribution in [-0.4, -0.2) is 24.0 Å². The molecule has 0 heterocycles. The Labute approximate surface area is 186 Å². The molecule has 2 aromatic carbocycles. The molecule has 162 valence electrons. The number of carbonyl (C=O) groups is 1. The zero-order chi connectivity index (χ0) is 21.9. The molecule has 0 aromatic heterocycles. The molecule has 2 amide bonds. The maximum Gasteiger partial charge on any atom is 0.319 e. The van der Waals surface area contributed by atoms with Crippen molar-refractivity contribution in [1.82, 2.24) is 10.2 Å². The highest BCUT2D eigenvalue weighted by molar-refractivity contribution is 6.30. The van der Waals surface area contributed by atoms with E-state index in [0.717, 1.165) is 24.2 Å². The van der Waals surface area contributed by atoms with E-state index >= 15 is 0 Å². The summed E-state index contributed by atoms with van der Waals surface area (Å²) in [5.41, 5.74) is 4.20. The Kier molecular flexibility index (Phi) is 9.92. The second-order valence-electron chi connectivity index (χ2n) is 7.90. The molecule has 0 spiro atoms. The van der Waals surface area contributed by atoms with Crippen LogP contribution >= 0.6 is 11.6 Å². The number of halogens is 1. The average Bonchev–Trinajstić information content (AvgIpc) is 2.72. The molecule has 0 radical (unpaired) electrons. The lowest BCUT2D eigenvalue weighted by Crippen LogP contribution is -2.32. The largest absolute Gasteiger partial charge is 0.334 e. The van der Waals surface area contributed by atoms with E-state index in [-0.39, 0.29) is 6.03 Å². The summed E-state index contributed by atoms with van der Waals surface area (Å²) < 4.78 is 0. The van der Waals surface area contributed by atoms with Gasteiger partial charge in [-0.2, -0.15) is 0 Å². The van der Waals surface area contributed by atoms with Gasteiger partial charge in [0.2, 0.25) is 0 Å². The number of amides is 2. The first-order chi connectivity index (χ1) is 14.4. The SMILES string of the molecule is C=C(C)C(CCCCC)N(C)Cc1ccc(NC(=O)NCc2ccc(Cl)cc2)cc1. The van der Waals surface area contributed by atoms with Gasteiger partial charge in [-0.15, -0.1) is 0 Å². The number of unbranched alkanes of at least 4 members (excludes halogenated alkanes) is 2. The first-order valence-electron chi connectivity index (χ1n) is 10.6. The second-order valence-corrected chi connectivity index (χ2v) is 8.34.